The van der Waals surface area contributed by atoms with Crippen molar-refractivity contribution in [1.82, 2.24) is 29.7 Å². The maximum absolute atomic E-state index is 12.6. The Labute approximate surface area is 149 Å². The van der Waals surface area contributed by atoms with Crippen LogP contribution in [0.3, 0.4) is 0 Å². The van der Waals surface area contributed by atoms with E-state index in [-0.39, 0.29) is 19.0 Å². The number of aromatic nitrogens is 3. The summed E-state index contributed by atoms with van der Waals surface area (Å²) in [7, 11) is -1.87. The minimum Gasteiger partial charge on any atom is -0.356 e. The first-order chi connectivity index (χ1) is 12.1. The summed E-state index contributed by atoms with van der Waals surface area (Å²) in [5, 5.41) is 10.1. The quantitative estimate of drug-likeness (QED) is 0.537. The normalized spacial score (nSPS) is 18.1. The first kappa shape index (κ1) is 20.4. The Hall–Kier alpha value is -1.89. The molecular formula is C13H22F3N7O2S. The Morgan fingerprint density at radius 1 is 1.35 bits per heavy atom. The van der Waals surface area contributed by atoms with Crippen molar-refractivity contribution < 1.29 is 21.6 Å². The van der Waals surface area contributed by atoms with Crippen LogP contribution in [-0.2, 0) is 23.6 Å². The highest BCUT2D eigenvalue weighted by Crippen LogP contribution is 2.30. The molecule has 1 aliphatic rings. The predicted molar refractivity (Wildman–Crippen MR) is 88.5 cm³/mol. The van der Waals surface area contributed by atoms with Crippen molar-refractivity contribution in [3.8, 4) is 0 Å². The van der Waals surface area contributed by atoms with Gasteiger partial charge in [-0.25, -0.2) is 13.4 Å². The van der Waals surface area contributed by atoms with Gasteiger partial charge in [-0.3, -0.25) is 9.67 Å². The molecule has 0 atom stereocenters. The van der Waals surface area contributed by atoms with Crippen LogP contribution < -0.4 is 10.6 Å². The van der Waals surface area contributed by atoms with Gasteiger partial charge in [0.25, 0.3) is 0 Å². The summed E-state index contributed by atoms with van der Waals surface area (Å²) >= 11 is 0. The highest BCUT2D eigenvalue weighted by molar-refractivity contribution is 7.90. The molecule has 1 saturated heterocycles. The van der Waals surface area contributed by atoms with Crippen molar-refractivity contribution in [2.45, 2.75) is 24.9 Å². The molecule has 1 aliphatic heterocycles. The van der Waals surface area contributed by atoms with E-state index in [9.17, 15) is 21.6 Å². The molecular weight excluding hydrogens is 375 g/mol. The van der Waals surface area contributed by atoms with Gasteiger partial charge in [0, 0.05) is 33.7 Å². The van der Waals surface area contributed by atoms with Crippen molar-refractivity contribution in [1.29, 1.82) is 0 Å². The SMILES string of the molecule is CN=C(NCc1ncnn1C)NCC1CCN(S(=O)(=O)C(F)(F)F)CC1. The molecule has 1 aromatic rings. The zero-order valence-corrected chi connectivity index (χ0v) is 15.3. The van der Waals surface area contributed by atoms with E-state index in [4.69, 9.17) is 0 Å². The third kappa shape index (κ3) is 4.84. The van der Waals surface area contributed by atoms with Crippen molar-refractivity contribution in [2.75, 3.05) is 26.7 Å². The van der Waals surface area contributed by atoms with E-state index in [2.05, 4.69) is 25.7 Å². The first-order valence-corrected chi connectivity index (χ1v) is 9.43. The highest BCUT2D eigenvalue weighted by Gasteiger charge is 2.50. The van der Waals surface area contributed by atoms with Gasteiger partial charge < -0.3 is 10.6 Å². The number of hydrogen-bond acceptors (Lipinski definition) is 5. The summed E-state index contributed by atoms with van der Waals surface area (Å²) in [6, 6.07) is 0. The van der Waals surface area contributed by atoms with Crippen LogP contribution in [0, 0.1) is 5.92 Å². The summed E-state index contributed by atoms with van der Waals surface area (Å²) in [5.41, 5.74) is -5.25. The molecule has 2 rings (SSSR count). The van der Waals surface area contributed by atoms with Crippen LogP contribution in [0.4, 0.5) is 13.2 Å². The molecule has 1 fully saturated rings. The van der Waals surface area contributed by atoms with Crippen LogP contribution in [0.5, 0.6) is 0 Å². The number of aryl methyl sites for hydroxylation is 1. The Morgan fingerprint density at radius 2 is 2.00 bits per heavy atom. The number of aliphatic imine (C=N–C) groups is 1. The number of guanidine groups is 1. The van der Waals surface area contributed by atoms with E-state index >= 15 is 0 Å². The van der Waals surface area contributed by atoms with Crippen molar-refractivity contribution in [2.24, 2.45) is 18.0 Å². The topological polar surface area (TPSA) is 105 Å². The largest absolute Gasteiger partial charge is 0.511 e. The maximum Gasteiger partial charge on any atom is 0.511 e. The fourth-order valence-electron chi connectivity index (χ4n) is 2.60. The Balaban J connectivity index is 1.77. The number of nitrogens with zero attached hydrogens (tertiary/aromatic N) is 5. The lowest BCUT2D eigenvalue weighted by Gasteiger charge is -2.31. The second kappa shape index (κ2) is 8.20. The number of alkyl halides is 3. The van der Waals surface area contributed by atoms with Gasteiger partial charge in [-0.05, 0) is 18.8 Å². The number of nitrogens with one attached hydrogen (secondary N) is 2. The third-order valence-electron chi connectivity index (χ3n) is 4.21. The molecule has 2 N–H and O–H groups in total. The average molecular weight is 397 g/mol. The zero-order valence-electron chi connectivity index (χ0n) is 14.5. The molecule has 0 unspecified atom stereocenters. The van der Waals surface area contributed by atoms with Gasteiger partial charge in [-0.15, -0.1) is 0 Å². The molecule has 2 heterocycles. The van der Waals surface area contributed by atoms with Crippen LogP contribution in [-0.4, -0.2) is 65.6 Å². The molecule has 0 spiro atoms. The predicted octanol–water partition coefficient (Wildman–Crippen LogP) is 0.0417. The Morgan fingerprint density at radius 3 is 2.50 bits per heavy atom. The lowest BCUT2D eigenvalue weighted by Crippen LogP contribution is -2.47. The van der Waals surface area contributed by atoms with E-state index < -0.39 is 15.5 Å². The Kier molecular flexibility index (Phi) is 6.44. The molecule has 0 amide bonds. The molecule has 0 aliphatic carbocycles. The minimum atomic E-state index is -5.25. The van der Waals surface area contributed by atoms with Crippen LogP contribution in [0.25, 0.3) is 0 Å². The number of halogens is 3. The van der Waals surface area contributed by atoms with Crippen LogP contribution in [0.15, 0.2) is 11.3 Å². The van der Waals surface area contributed by atoms with Gasteiger partial charge in [0.05, 0.1) is 6.54 Å². The summed E-state index contributed by atoms with van der Waals surface area (Å²) < 4.78 is 62.6. The maximum atomic E-state index is 12.6. The van der Waals surface area contributed by atoms with E-state index in [1.807, 2.05) is 0 Å². The molecule has 13 heteroatoms. The fraction of sp³-hybridized carbons (Fsp3) is 0.769. The number of hydrogen-bond donors (Lipinski definition) is 2. The smallest absolute Gasteiger partial charge is 0.356 e. The molecule has 0 bridgehead atoms. The molecule has 0 saturated carbocycles. The van der Waals surface area contributed by atoms with Gasteiger partial charge in [0.2, 0.25) is 0 Å². The summed E-state index contributed by atoms with van der Waals surface area (Å²) in [6.45, 7) is 0.620. The third-order valence-corrected chi connectivity index (χ3v) is 5.84. The summed E-state index contributed by atoms with van der Waals surface area (Å²) in [4.78, 5) is 8.15. The van der Waals surface area contributed by atoms with Gasteiger partial charge >= 0.3 is 15.5 Å². The zero-order chi connectivity index (χ0) is 19.4. The minimum absolute atomic E-state index is 0.0584. The first-order valence-electron chi connectivity index (χ1n) is 7.99. The number of piperidine rings is 1. The van der Waals surface area contributed by atoms with Crippen molar-refractivity contribution in [3.63, 3.8) is 0 Å². The van der Waals surface area contributed by atoms with Gasteiger partial charge in [-0.2, -0.15) is 22.6 Å². The van der Waals surface area contributed by atoms with Crippen molar-refractivity contribution in [3.05, 3.63) is 12.2 Å². The van der Waals surface area contributed by atoms with E-state index in [0.29, 0.717) is 36.2 Å². The molecule has 9 nitrogen and oxygen atoms in total. The molecule has 0 aromatic carbocycles. The van der Waals surface area contributed by atoms with Crippen LogP contribution in [0.2, 0.25) is 0 Å². The van der Waals surface area contributed by atoms with Gasteiger partial charge in [0.15, 0.2) is 5.96 Å². The van der Waals surface area contributed by atoms with E-state index in [1.54, 1.807) is 18.8 Å². The molecule has 0 radical (unpaired) electrons. The second-order valence-electron chi connectivity index (χ2n) is 5.90. The number of rotatable bonds is 5. The lowest BCUT2D eigenvalue weighted by molar-refractivity contribution is -0.0496. The molecule has 1 aromatic heterocycles. The average Bonchev–Trinajstić information content (AvgIpc) is 2.99. The van der Waals surface area contributed by atoms with Crippen LogP contribution >= 0.6 is 0 Å². The van der Waals surface area contributed by atoms with E-state index in [1.165, 1.54) is 6.33 Å². The van der Waals surface area contributed by atoms with Crippen LogP contribution in [0.1, 0.15) is 18.7 Å². The highest BCUT2D eigenvalue weighted by atomic mass is 32.2. The fourth-order valence-corrected chi connectivity index (χ4v) is 3.59. The Bertz CT molecular complexity index is 724. The number of sulfonamides is 1. The van der Waals surface area contributed by atoms with Crippen molar-refractivity contribution >= 4 is 16.0 Å². The lowest BCUT2D eigenvalue weighted by atomic mass is 9.98. The summed E-state index contributed by atoms with van der Waals surface area (Å²) in [5.74, 6) is 1.31. The summed E-state index contributed by atoms with van der Waals surface area (Å²) in [6.07, 6.45) is 2.14. The molecule has 148 valence electrons. The molecule has 26 heavy (non-hydrogen) atoms. The monoisotopic (exact) mass is 397 g/mol. The van der Waals surface area contributed by atoms with E-state index in [0.717, 1.165) is 5.82 Å². The standard InChI is InChI=1S/C13H22F3N7O2S/c1-17-12(19-8-11-20-9-21-22(11)2)18-7-10-3-5-23(6-4-10)26(24,25)13(14,15)16/h9-10H,3-8H2,1-2H3,(H2,17,18,19). The van der Waals surface area contributed by atoms with Gasteiger partial charge in [0.1, 0.15) is 12.2 Å². The van der Waals surface area contributed by atoms with Gasteiger partial charge in [-0.1, -0.05) is 0 Å². The second-order valence-corrected chi connectivity index (χ2v) is 7.83.